The summed E-state index contributed by atoms with van der Waals surface area (Å²) in [6.07, 6.45) is 0. The van der Waals surface area contributed by atoms with Crippen molar-refractivity contribution in [2.24, 2.45) is 10.9 Å². The van der Waals surface area contributed by atoms with Gasteiger partial charge in [0, 0.05) is 0 Å². The van der Waals surface area contributed by atoms with Gasteiger partial charge in [0.15, 0.2) is 5.82 Å². The van der Waals surface area contributed by atoms with Crippen molar-refractivity contribution in [1.29, 1.82) is 0 Å². The van der Waals surface area contributed by atoms with E-state index in [9.17, 15) is 0 Å². The molecular formula is C2H4N2O. The molecule has 0 saturated carbocycles. The third-order valence-corrected chi connectivity index (χ3v) is 0.117. The molecule has 0 aromatic rings. The molecule has 0 unspecified atom stereocenters. The van der Waals surface area contributed by atoms with Crippen molar-refractivity contribution in [2.75, 3.05) is 0 Å². The summed E-state index contributed by atoms with van der Waals surface area (Å²) >= 11 is 0. The van der Waals surface area contributed by atoms with Gasteiger partial charge in [-0.15, -0.1) is 4.91 Å². The van der Waals surface area contributed by atoms with Crippen molar-refractivity contribution in [1.82, 2.24) is 0 Å². The van der Waals surface area contributed by atoms with E-state index < -0.39 is 0 Å². The van der Waals surface area contributed by atoms with E-state index in [1.54, 1.807) is 0 Å². The molecule has 0 aromatic carbocycles. The van der Waals surface area contributed by atoms with Crippen LogP contribution in [-0.2, 0) is 0 Å². The van der Waals surface area contributed by atoms with Gasteiger partial charge < -0.3 is 5.73 Å². The van der Waals surface area contributed by atoms with Crippen LogP contribution in [0.1, 0.15) is 0 Å². The molecule has 0 aromatic heterocycles. The van der Waals surface area contributed by atoms with Gasteiger partial charge in [0.05, 0.1) is 0 Å². The fourth-order valence-electron chi connectivity index (χ4n) is 0. The highest BCUT2D eigenvalue weighted by molar-refractivity contribution is 4.80. The molecule has 28 valence electrons. The summed E-state index contributed by atoms with van der Waals surface area (Å²) in [7, 11) is 0. The molecule has 0 aliphatic carbocycles. The average Bonchev–Trinajstić information content (AvgIpc) is 1.38. The quantitative estimate of drug-likeness (QED) is 0.449. The van der Waals surface area contributed by atoms with Crippen molar-refractivity contribution >= 4 is 0 Å². The minimum atomic E-state index is -0.176. The van der Waals surface area contributed by atoms with Crippen LogP contribution in [0.4, 0.5) is 0 Å². The van der Waals surface area contributed by atoms with Crippen molar-refractivity contribution in [3.63, 3.8) is 0 Å². The van der Waals surface area contributed by atoms with Crippen LogP contribution in [0.2, 0.25) is 0 Å². The van der Waals surface area contributed by atoms with Crippen LogP contribution in [0.5, 0.6) is 0 Å². The number of rotatable bonds is 1. The zero-order valence-electron chi connectivity index (χ0n) is 2.64. The van der Waals surface area contributed by atoms with E-state index >= 15 is 0 Å². The number of nitrogens with zero attached hydrogens (tertiary/aromatic N) is 1. The molecule has 0 bridgehead atoms. The lowest BCUT2D eigenvalue weighted by atomic mass is 10.9. The molecule has 0 spiro atoms. The standard InChI is InChI=1S/C2H4N2O/c1-2(3)4-5/h1,3H2. The molecule has 0 rings (SSSR count). The predicted molar refractivity (Wildman–Crippen MR) is 19.1 cm³/mol. The first-order valence-corrected chi connectivity index (χ1v) is 1.05. The molecule has 3 nitrogen and oxygen atoms in total. The van der Waals surface area contributed by atoms with Gasteiger partial charge in [-0.05, 0) is 5.18 Å². The maximum atomic E-state index is 9.03. The monoisotopic (exact) mass is 72.0 g/mol. The number of hydrogen-bond donors (Lipinski definition) is 1. The van der Waals surface area contributed by atoms with Crippen LogP contribution in [0, 0.1) is 4.91 Å². The lowest BCUT2D eigenvalue weighted by Gasteiger charge is -1.67. The lowest BCUT2D eigenvalue weighted by molar-refractivity contribution is 1.25. The Morgan fingerprint density at radius 1 is 2.00 bits per heavy atom. The Morgan fingerprint density at radius 2 is 2.20 bits per heavy atom. The van der Waals surface area contributed by atoms with Crippen LogP contribution in [-0.4, -0.2) is 0 Å². The highest BCUT2D eigenvalue weighted by atomic mass is 16.3. The van der Waals surface area contributed by atoms with Gasteiger partial charge in [0.25, 0.3) is 0 Å². The molecule has 0 heterocycles. The van der Waals surface area contributed by atoms with Gasteiger partial charge in [-0.2, -0.15) is 0 Å². The highest BCUT2D eigenvalue weighted by Gasteiger charge is 1.66. The number of nitrogens with two attached hydrogens (primary N) is 1. The van der Waals surface area contributed by atoms with Crippen molar-refractivity contribution in [3.8, 4) is 0 Å². The Hall–Kier alpha value is -0.860. The normalized spacial score (nSPS) is 6.40. The summed E-state index contributed by atoms with van der Waals surface area (Å²) in [4.78, 5) is 9.03. The molecule has 5 heavy (non-hydrogen) atoms. The summed E-state index contributed by atoms with van der Waals surface area (Å²) in [5, 5.41) is 2.22. The molecule has 0 amide bonds. The summed E-state index contributed by atoms with van der Waals surface area (Å²) in [6.45, 7) is 2.97. The number of nitroso groups, excluding NO2 is 1. The third kappa shape index (κ3) is 3.14. The largest absolute Gasteiger partial charge is 0.381 e. The molecule has 0 aliphatic rings. The first-order valence-electron chi connectivity index (χ1n) is 1.05. The van der Waals surface area contributed by atoms with Crippen LogP contribution in [0.25, 0.3) is 0 Å². The minimum Gasteiger partial charge on any atom is -0.381 e. The van der Waals surface area contributed by atoms with E-state index in [4.69, 9.17) is 4.91 Å². The Balaban J connectivity index is 3.20. The highest BCUT2D eigenvalue weighted by Crippen LogP contribution is 1.69. The van der Waals surface area contributed by atoms with Gasteiger partial charge in [0.2, 0.25) is 0 Å². The second-order valence-electron chi connectivity index (χ2n) is 0.583. The summed E-state index contributed by atoms with van der Waals surface area (Å²) in [6, 6.07) is 0. The molecule has 0 radical (unpaired) electrons. The molecule has 0 atom stereocenters. The van der Waals surface area contributed by atoms with Gasteiger partial charge in [-0.1, -0.05) is 6.58 Å². The zero-order chi connectivity index (χ0) is 4.28. The molecule has 0 fully saturated rings. The molecular weight excluding hydrogens is 68.0 g/mol. The lowest BCUT2D eigenvalue weighted by Crippen LogP contribution is -1.85. The van der Waals surface area contributed by atoms with Crippen LogP contribution >= 0.6 is 0 Å². The maximum absolute atomic E-state index is 9.03. The molecule has 0 saturated heterocycles. The smallest absolute Gasteiger partial charge is 0.160 e. The van der Waals surface area contributed by atoms with E-state index in [0.29, 0.717) is 0 Å². The topological polar surface area (TPSA) is 55.4 Å². The van der Waals surface area contributed by atoms with Crippen LogP contribution < -0.4 is 5.73 Å². The fraction of sp³-hybridized carbons (Fsp3) is 0. The third-order valence-electron chi connectivity index (χ3n) is 0.117. The van der Waals surface area contributed by atoms with Crippen molar-refractivity contribution < 1.29 is 0 Å². The second-order valence-corrected chi connectivity index (χ2v) is 0.583. The van der Waals surface area contributed by atoms with Crippen molar-refractivity contribution in [3.05, 3.63) is 17.3 Å². The predicted octanol–water partition coefficient (Wildman–Crippen LogP) is 0.183. The summed E-state index contributed by atoms with van der Waals surface area (Å²) < 4.78 is 0. The Labute approximate surface area is 29.4 Å². The van der Waals surface area contributed by atoms with E-state index in [-0.39, 0.29) is 5.82 Å². The van der Waals surface area contributed by atoms with Gasteiger partial charge in [0.1, 0.15) is 0 Å². The van der Waals surface area contributed by atoms with Gasteiger partial charge in [-0.3, -0.25) is 0 Å². The second kappa shape index (κ2) is 1.46. The van der Waals surface area contributed by atoms with Crippen LogP contribution in [0.3, 0.4) is 0 Å². The summed E-state index contributed by atoms with van der Waals surface area (Å²) in [5.41, 5.74) is 4.62. The Bertz CT molecular complexity index is 58.7. The first kappa shape index (κ1) is 4.14. The number of hydrogen-bond acceptors (Lipinski definition) is 3. The minimum absolute atomic E-state index is 0.176. The Kier molecular flexibility index (Phi) is 1.21. The molecule has 0 aliphatic heterocycles. The molecule has 3 heteroatoms. The van der Waals surface area contributed by atoms with Gasteiger partial charge >= 0.3 is 0 Å². The Morgan fingerprint density at radius 3 is 2.20 bits per heavy atom. The fourth-order valence-corrected chi connectivity index (χ4v) is 0. The maximum Gasteiger partial charge on any atom is 0.160 e. The first-order chi connectivity index (χ1) is 2.27. The SMILES string of the molecule is C=C(N)N=O. The zero-order valence-corrected chi connectivity index (χ0v) is 2.64. The van der Waals surface area contributed by atoms with E-state index in [0.717, 1.165) is 0 Å². The molecule has 2 N–H and O–H groups in total. The summed E-state index contributed by atoms with van der Waals surface area (Å²) in [5.74, 6) is -0.176. The van der Waals surface area contributed by atoms with E-state index in [1.807, 2.05) is 0 Å². The average molecular weight is 72.1 g/mol. The van der Waals surface area contributed by atoms with E-state index in [2.05, 4.69) is 17.5 Å². The van der Waals surface area contributed by atoms with Crippen LogP contribution in [0.15, 0.2) is 17.6 Å². The van der Waals surface area contributed by atoms with E-state index in [1.165, 1.54) is 0 Å². The van der Waals surface area contributed by atoms with Gasteiger partial charge in [-0.25, -0.2) is 0 Å². The van der Waals surface area contributed by atoms with Crippen molar-refractivity contribution in [2.45, 2.75) is 0 Å².